The van der Waals surface area contributed by atoms with Gasteiger partial charge in [0, 0.05) is 43.2 Å². The number of benzene rings is 1. The number of fused-ring (bicyclic) bond motifs is 1. The number of ether oxygens (including phenoxy) is 3. The molecule has 1 aromatic carbocycles. The zero-order valence-electron chi connectivity index (χ0n) is 16.1. The minimum atomic E-state index is -0.0662. The molecule has 150 valence electrons. The number of aromatic nitrogens is 1. The second kappa shape index (κ2) is 8.57. The van der Waals surface area contributed by atoms with Crippen molar-refractivity contribution in [2.75, 3.05) is 33.4 Å². The van der Waals surface area contributed by atoms with E-state index in [1.165, 1.54) is 11.8 Å². The average Bonchev–Trinajstić information content (AvgIpc) is 3.26. The summed E-state index contributed by atoms with van der Waals surface area (Å²) in [6.45, 7) is 4.98. The average molecular weight is 404 g/mol. The molecule has 0 radical (unpaired) electrons. The molecule has 0 saturated carbocycles. The molecule has 0 aliphatic carbocycles. The highest BCUT2D eigenvalue weighted by atomic mass is 32.1. The summed E-state index contributed by atoms with van der Waals surface area (Å²) in [5.41, 5.74) is 1.07. The van der Waals surface area contributed by atoms with E-state index in [0.717, 1.165) is 36.0 Å². The highest BCUT2D eigenvalue weighted by molar-refractivity contribution is 7.15. The normalized spacial score (nSPS) is 23.2. The highest BCUT2D eigenvalue weighted by Gasteiger charge is 2.37. The Kier molecular flexibility index (Phi) is 5.91. The van der Waals surface area contributed by atoms with E-state index >= 15 is 0 Å². The van der Waals surface area contributed by atoms with Gasteiger partial charge in [0.2, 0.25) is 5.91 Å². The Morgan fingerprint density at radius 2 is 2.07 bits per heavy atom. The van der Waals surface area contributed by atoms with Crippen LogP contribution in [0.3, 0.4) is 0 Å². The van der Waals surface area contributed by atoms with Crippen LogP contribution in [0.2, 0.25) is 0 Å². The second-order valence-electron chi connectivity index (χ2n) is 7.20. The summed E-state index contributed by atoms with van der Waals surface area (Å²) in [6.07, 6.45) is 2.04. The van der Waals surface area contributed by atoms with Crippen LogP contribution >= 0.6 is 11.3 Å². The van der Waals surface area contributed by atoms with Crippen LogP contribution in [0.15, 0.2) is 30.5 Å². The Bertz CT molecular complexity index is 811. The fraction of sp³-hybridized carbons (Fsp3) is 0.500. The molecule has 0 unspecified atom stereocenters. The van der Waals surface area contributed by atoms with Crippen LogP contribution in [-0.2, 0) is 20.8 Å². The predicted molar refractivity (Wildman–Crippen MR) is 106 cm³/mol. The van der Waals surface area contributed by atoms with Crippen molar-refractivity contribution in [1.29, 1.82) is 0 Å². The van der Waals surface area contributed by atoms with Gasteiger partial charge in [-0.25, -0.2) is 4.98 Å². The Balaban J connectivity index is 1.34. The van der Waals surface area contributed by atoms with E-state index in [-0.39, 0.29) is 24.2 Å². The van der Waals surface area contributed by atoms with Gasteiger partial charge in [0.25, 0.3) is 0 Å². The van der Waals surface area contributed by atoms with Crippen LogP contribution in [0.1, 0.15) is 11.8 Å². The van der Waals surface area contributed by atoms with E-state index in [1.807, 2.05) is 30.5 Å². The third-order valence-electron chi connectivity index (χ3n) is 4.97. The summed E-state index contributed by atoms with van der Waals surface area (Å²) < 4.78 is 17.3. The zero-order chi connectivity index (χ0) is 19.5. The standard InChI is InChI=1S/C20H25N3O4S/c1-13(24)22-15-11-26-18-9-23(10-19(18)27-12-15)8-17-7-21-20(28-17)14-4-3-5-16(6-14)25-2/h3-7,15,18-19H,8-12H2,1-2H3,(H,22,24)/t18-,19-/m0/s1. The Hall–Kier alpha value is -2.00. The summed E-state index contributed by atoms with van der Waals surface area (Å²) in [6, 6.07) is 7.90. The first-order valence-electron chi connectivity index (χ1n) is 9.42. The molecule has 2 atom stereocenters. The Labute approximate surface area is 168 Å². The van der Waals surface area contributed by atoms with Crippen LogP contribution in [0.4, 0.5) is 0 Å². The SMILES string of the molecule is COc1cccc(-c2ncc(CN3C[C@@H]4OCC(NC(C)=O)CO[C@H]4C3)s2)c1. The molecule has 0 bridgehead atoms. The maximum absolute atomic E-state index is 11.2. The Morgan fingerprint density at radius 1 is 1.32 bits per heavy atom. The highest BCUT2D eigenvalue weighted by Crippen LogP contribution is 2.30. The molecule has 2 saturated heterocycles. The number of carbonyl (C=O) groups excluding carboxylic acids is 1. The number of nitrogens with zero attached hydrogens (tertiary/aromatic N) is 2. The van der Waals surface area contributed by atoms with Crippen molar-refractivity contribution >= 4 is 17.2 Å². The number of rotatable bonds is 5. The molecule has 7 nitrogen and oxygen atoms in total. The monoisotopic (exact) mass is 403 g/mol. The Morgan fingerprint density at radius 3 is 2.75 bits per heavy atom. The van der Waals surface area contributed by atoms with Crippen LogP contribution in [0, 0.1) is 0 Å². The van der Waals surface area contributed by atoms with Crippen molar-refractivity contribution in [3.8, 4) is 16.3 Å². The van der Waals surface area contributed by atoms with E-state index in [4.69, 9.17) is 14.2 Å². The second-order valence-corrected chi connectivity index (χ2v) is 8.31. The molecular weight excluding hydrogens is 378 g/mol. The lowest BCUT2D eigenvalue weighted by atomic mass is 10.2. The van der Waals surface area contributed by atoms with Gasteiger partial charge in [-0.05, 0) is 12.1 Å². The van der Waals surface area contributed by atoms with E-state index in [0.29, 0.717) is 13.2 Å². The summed E-state index contributed by atoms with van der Waals surface area (Å²) in [5.74, 6) is 0.781. The van der Waals surface area contributed by atoms with Crippen molar-refractivity contribution in [1.82, 2.24) is 15.2 Å². The van der Waals surface area contributed by atoms with E-state index < -0.39 is 0 Å². The van der Waals surface area contributed by atoms with Gasteiger partial charge < -0.3 is 19.5 Å². The summed E-state index contributed by atoms with van der Waals surface area (Å²) in [5, 5.41) is 3.86. The maximum Gasteiger partial charge on any atom is 0.217 e. The van der Waals surface area contributed by atoms with Crippen LogP contribution in [-0.4, -0.2) is 67.5 Å². The topological polar surface area (TPSA) is 72.9 Å². The first-order chi connectivity index (χ1) is 13.6. The van der Waals surface area contributed by atoms with Gasteiger partial charge in [0.15, 0.2) is 0 Å². The van der Waals surface area contributed by atoms with Crippen LogP contribution in [0.5, 0.6) is 5.75 Å². The number of thiazole rings is 1. The van der Waals surface area contributed by atoms with Gasteiger partial charge in [-0.3, -0.25) is 9.69 Å². The molecule has 2 aliphatic heterocycles. The molecule has 2 fully saturated rings. The number of hydrogen-bond acceptors (Lipinski definition) is 7. The van der Waals surface area contributed by atoms with Crippen molar-refractivity contribution in [2.24, 2.45) is 0 Å². The van der Waals surface area contributed by atoms with Crippen LogP contribution in [0.25, 0.3) is 10.6 Å². The van der Waals surface area contributed by atoms with E-state index in [9.17, 15) is 4.79 Å². The van der Waals surface area contributed by atoms with Crippen molar-refractivity contribution in [3.05, 3.63) is 35.3 Å². The summed E-state index contributed by atoms with van der Waals surface area (Å²) >= 11 is 1.70. The van der Waals surface area contributed by atoms with Crippen molar-refractivity contribution in [2.45, 2.75) is 31.7 Å². The van der Waals surface area contributed by atoms with Gasteiger partial charge in [0.05, 0.1) is 38.6 Å². The van der Waals surface area contributed by atoms with Gasteiger partial charge in [0.1, 0.15) is 10.8 Å². The lowest BCUT2D eigenvalue weighted by Gasteiger charge is -2.18. The molecule has 0 spiro atoms. The first kappa shape index (κ1) is 19.3. The number of likely N-dealkylation sites (tertiary alicyclic amines) is 1. The quantitative estimate of drug-likeness (QED) is 0.822. The minimum absolute atomic E-state index is 0.0459. The van der Waals surface area contributed by atoms with Gasteiger partial charge in [-0.1, -0.05) is 12.1 Å². The van der Waals surface area contributed by atoms with Gasteiger partial charge >= 0.3 is 0 Å². The number of carbonyl (C=O) groups is 1. The fourth-order valence-electron chi connectivity index (χ4n) is 3.66. The lowest BCUT2D eigenvalue weighted by molar-refractivity contribution is -0.120. The molecule has 2 aromatic rings. The van der Waals surface area contributed by atoms with Gasteiger partial charge in [-0.2, -0.15) is 0 Å². The molecule has 1 N–H and O–H groups in total. The largest absolute Gasteiger partial charge is 0.497 e. The summed E-state index contributed by atoms with van der Waals surface area (Å²) in [4.78, 5) is 19.4. The van der Waals surface area contributed by atoms with Gasteiger partial charge in [-0.15, -0.1) is 11.3 Å². The van der Waals surface area contributed by atoms with E-state index in [2.05, 4.69) is 15.2 Å². The fourth-order valence-corrected chi connectivity index (χ4v) is 4.61. The number of hydrogen-bond donors (Lipinski definition) is 1. The zero-order valence-corrected chi connectivity index (χ0v) is 16.9. The van der Waals surface area contributed by atoms with E-state index in [1.54, 1.807) is 18.4 Å². The minimum Gasteiger partial charge on any atom is -0.497 e. The smallest absolute Gasteiger partial charge is 0.217 e. The molecule has 3 heterocycles. The third-order valence-corrected chi connectivity index (χ3v) is 6.00. The summed E-state index contributed by atoms with van der Waals surface area (Å²) in [7, 11) is 1.67. The first-order valence-corrected chi connectivity index (χ1v) is 10.2. The maximum atomic E-state index is 11.2. The number of amides is 1. The number of nitrogens with one attached hydrogen (secondary N) is 1. The lowest BCUT2D eigenvalue weighted by Crippen LogP contribution is -2.40. The van der Waals surface area contributed by atoms with Crippen LogP contribution < -0.4 is 10.1 Å². The number of methoxy groups -OCH3 is 1. The third kappa shape index (κ3) is 4.52. The molecule has 28 heavy (non-hydrogen) atoms. The predicted octanol–water partition coefficient (Wildman–Crippen LogP) is 1.92. The molecule has 1 aromatic heterocycles. The molecular formula is C20H25N3O4S. The molecule has 2 aliphatic rings. The molecule has 4 rings (SSSR count). The van der Waals surface area contributed by atoms with Crippen molar-refractivity contribution in [3.63, 3.8) is 0 Å². The molecule has 1 amide bonds. The van der Waals surface area contributed by atoms with Crippen molar-refractivity contribution < 1.29 is 19.0 Å². The molecule has 8 heteroatoms.